The molecule has 6 heteroatoms. The molecule has 0 unspecified atom stereocenters. The van der Waals surface area contributed by atoms with E-state index in [-0.39, 0.29) is 12.0 Å². The molecular formula is C19H20N2O4. The van der Waals surface area contributed by atoms with Crippen LogP contribution in [0.25, 0.3) is 0 Å². The summed E-state index contributed by atoms with van der Waals surface area (Å²) in [4.78, 5) is 25.5. The highest BCUT2D eigenvalue weighted by Crippen LogP contribution is 2.20. The van der Waals surface area contributed by atoms with Gasteiger partial charge in [0.05, 0.1) is 13.2 Å². The van der Waals surface area contributed by atoms with Gasteiger partial charge in [0.2, 0.25) is 0 Å². The number of hydrogen-bond acceptors (Lipinski definition) is 4. The zero-order chi connectivity index (χ0) is 17.6. The average molecular weight is 340 g/mol. The number of rotatable bonds is 6. The highest BCUT2D eigenvalue weighted by Gasteiger charge is 2.23. The largest absolute Gasteiger partial charge is 0.447 e. The number of carbonyl (C=O) groups is 2. The van der Waals surface area contributed by atoms with Gasteiger partial charge >= 0.3 is 6.09 Å². The van der Waals surface area contributed by atoms with Gasteiger partial charge in [-0.05, 0) is 48.9 Å². The predicted octanol–water partition coefficient (Wildman–Crippen LogP) is 3.43. The van der Waals surface area contributed by atoms with Crippen molar-refractivity contribution in [2.24, 2.45) is 0 Å². The first-order valence-corrected chi connectivity index (χ1v) is 8.20. The van der Waals surface area contributed by atoms with E-state index in [2.05, 4.69) is 5.32 Å². The van der Waals surface area contributed by atoms with Crippen LogP contribution in [0.1, 0.15) is 22.8 Å². The van der Waals surface area contributed by atoms with Crippen molar-refractivity contribution in [3.05, 3.63) is 59.7 Å². The van der Waals surface area contributed by atoms with E-state index < -0.39 is 0 Å². The first kappa shape index (κ1) is 17.0. The third-order valence-corrected chi connectivity index (χ3v) is 3.86. The molecule has 0 aliphatic carbocycles. The van der Waals surface area contributed by atoms with Gasteiger partial charge in [0.15, 0.2) is 0 Å². The van der Waals surface area contributed by atoms with E-state index in [0.717, 1.165) is 16.9 Å². The van der Waals surface area contributed by atoms with Crippen molar-refractivity contribution < 1.29 is 19.1 Å². The van der Waals surface area contributed by atoms with Gasteiger partial charge in [-0.25, -0.2) is 4.79 Å². The van der Waals surface area contributed by atoms with Gasteiger partial charge in [0.25, 0.3) is 5.91 Å². The van der Waals surface area contributed by atoms with E-state index >= 15 is 0 Å². The molecule has 3 rings (SSSR count). The average Bonchev–Trinajstić information content (AvgIpc) is 3.06. The second kappa shape index (κ2) is 7.81. The molecule has 1 aliphatic heterocycles. The number of cyclic esters (lactones) is 1. The summed E-state index contributed by atoms with van der Waals surface area (Å²) in [7, 11) is 0. The lowest BCUT2D eigenvalue weighted by Crippen LogP contribution is -2.23. The van der Waals surface area contributed by atoms with Gasteiger partial charge in [-0.1, -0.05) is 12.1 Å². The van der Waals surface area contributed by atoms with Crippen LogP contribution in [-0.4, -0.2) is 31.8 Å². The van der Waals surface area contributed by atoms with Crippen molar-refractivity contribution in [2.45, 2.75) is 13.5 Å². The van der Waals surface area contributed by atoms with Crippen molar-refractivity contribution in [1.82, 2.24) is 0 Å². The lowest BCUT2D eigenvalue weighted by molar-refractivity contribution is 0.102. The molecule has 1 fully saturated rings. The van der Waals surface area contributed by atoms with Crippen LogP contribution >= 0.6 is 0 Å². The number of benzene rings is 2. The van der Waals surface area contributed by atoms with Gasteiger partial charge in [0.1, 0.15) is 6.61 Å². The maximum Gasteiger partial charge on any atom is 0.414 e. The first-order chi connectivity index (χ1) is 12.2. The normalized spacial score (nSPS) is 13.6. The number of nitrogens with zero attached hydrogens (tertiary/aromatic N) is 1. The first-order valence-electron chi connectivity index (χ1n) is 8.20. The molecule has 0 spiro atoms. The van der Waals surface area contributed by atoms with Gasteiger partial charge in [0, 0.05) is 23.5 Å². The molecule has 0 saturated carbocycles. The van der Waals surface area contributed by atoms with Gasteiger partial charge in [-0.3, -0.25) is 9.69 Å². The molecule has 0 aromatic heterocycles. The minimum Gasteiger partial charge on any atom is -0.447 e. The Balaban J connectivity index is 1.66. The van der Waals surface area contributed by atoms with Crippen molar-refractivity contribution in [3.8, 4) is 0 Å². The van der Waals surface area contributed by atoms with E-state index in [0.29, 0.717) is 31.9 Å². The smallest absolute Gasteiger partial charge is 0.414 e. The van der Waals surface area contributed by atoms with Gasteiger partial charge < -0.3 is 14.8 Å². The summed E-state index contributed by atoms with van der Waals surface area (Å²) in [5.41, 5.74) is 2.96. The zero-order valence-corrected chi connectivity index (χ0v) is 14.0. The topological polar surface area (TPSA) is 67.9 Å². The van der Waals surface area contributed by atoms with Crippen molar-refractivity contribution >= 4 is 23.4 Å². The quantitative estimate of drug-likeness (QED) is 0.875. The fraction of sp³-hybridized carbons (Fsp3) is 0.263. The second-order valence-corrected chi connectivity index (χ2v) is 5.60. The molecule has 2 aromatic rings. The summed E-state index contributed by atoms with van der Waals surface area (Å²) in [6.07, 6.45) is -0.358. The van der Waals surface area contributed by atoms with Crippen LogP contribution in [0.3, 0.4) is 0 Å². The molecule has 1 aliphatic rings. The highest BCUT2D eigenvalue weighted by atomic mass is 16.6. The minimum absolute atomic E-state index is 0.205. The Labute approximate surface area is 146 Å². The molecule has 1 heterocycles. The maximum atomic E-state index is 12.4. The fourth-order valence-electron chi connectivity index (χ4n) is 2.58. The minimum atomic E-state index is -0.358. The summed E-state index contributed by atoms with van der Waals surface area (Å²) >= 11 is 0. The maximum absolute atomic E-state index is 12.4. The van der Waals surface area contributed by atoms with Crippen molar-refractivity contribution in [1.29, 1.82) is 0 Å². The number of ether oxygens (including phenoxy) is 2. The number of amides is 2. The molecule has 2 amide bonds. The molecule has 25 heavy (non-hydrogen) atoms. The molecule has 0 bridgehead atoms. The summed E-state index contributed by atoms with van der Waals surface area (Å²) in [5.74, 6) is -0.205. The molecule has 1 N–H and O–H groups in total. The SMILES string of the molecule is CCOCc1cccc(NC(=O)c2ccc(N3CCOC3=O)cc2)c1. The van der Waals surface area contributed by atoms with Crippen LogP contribution in [0, 0.1) is 0 Å². The van der Waals surface area contributed by atoms with Gasteiger partial charge in [-0.15, -0.1) is 0 Å². The van der Waals surface area contributed by atoms with Crippen LogP contribution < -0.4 is 10.2 Å². The zero-order valence-electron chi connectivity index (χ0n) is 14.0. The van der Waals surface area contributed by atoms with Crippen molar-refractivity contribution in [2.75, 3.05) is 30.0 Å². The summed E-state index contributed by atoms with van der Waals surface area (Å²) in [5, 5.41) is 2.87. The Morgan fingerprint density at radius 3 is 2.72 bits per heavy atom. The second-order valence-electron chi connectivity index (χ2n) is 5.60. The summed E-state index contributed by atoms with van der Waals surface area (Å²) < 4.78 is 10.3. The monoisotopic (exact) mass is 340 g/mol. The number of hydrogen-bond donors (Lipinski definition) is 1. The van der Waals surface area contributed by atoms with E-state index in [1.54, 1.807) is 29.2 Å². The number of anilines is 2. The van der Waals surface area contributed by atoms with Crippen LogP contribution in [0.2, 0.25) is 0 Å². The standard InChI is InChI=1S/C19H20N2O4/c1-2-24-13-14-4-3-5-16(12-14)20-18(22)15-6-8-17(9-7-15)21-10-11-25-19(21)23/h3-9,12H,2,10-11,13H2,1H3,(H,20,22). The highest BCUT2D eigenvalue weighted by molar-refractivity contribution is 6.04. The fourth-order valence-corrected chi connectivity index (χ4v) is 2.58. The molecule has 0 atom stereocenters. The van der Waals surface area contributed by atoms with Crippen molar-refractivity contribution in [3.63, 3.8) is 0 Å². The third kappa shape index (κ3) is 4.16. The Morgan fingerprint density at radius 1 is 1.24 bits per heavy atom. The van der Waals surface area contributed by atoms with Crippen LogP contribution in [0.4, 0.5) is 16.2 Å². The molecule has 6 nitrogen and oxygen atoms in total. The third-order valence-electron chi connectivity index (χ3n) is 3.86. The Bertz CT molecular complexity index is 758. The van der Waals surface area contributed by atoms with E-state index in [1.165, 1.54) is 0 Å². The molecule has 130 valence electrons. The van der Waals surface area contributed by atoms with Crippen LogP contribution in [-0.2, 0) is 16.1 Å². The predicted molar refractivity (Wildman–Crippen MR) is 94.9 cm³/mol. The van der Waals surface area contributed by atoms with E-state index in [1.807, 2.05) is 31.2 Å². The Kier molecular flexibility index (Phi) is 5.30. The van der Waals surface area contributed by atoms with E-state index in [9.17, 15) is 9.59 Å². The van der Waals surface area contributed by atoms with Crippen LogP contribution in [0.15, 0.2) is 48.5 Å². The molecule has 2 aromatic carbocycles. The molecule has 0 radical (unpaired) electrons. The molecule has 1 saturated heterocycles. The van der Waals surface area contributed by atoms with E-state index in [4.69, 9.17) is 9.47 Å². The lowest BCUT2D eigenvalue weighted by atomic mass is 10.1. The summed E-state index contributed by atoms with van der Waals surface area (Å²) in [6.45, 7) is 4.02. The lowest BCUT2D eigenvalue weighted by Gasteiger charge is -2.13. The Morgan fingerprint density at radius 2 is 2.04 bits per heavy atom. The summed E-state index contributed by atoms with van der Waals surface area (Å²) in [6, 6.07) is 14.4. The number of carbonyl (C=O) groups excluding carboxylic acids is 2. The van der Waals surface area contributed by atoms with Crippen LogP contribution in [0.5, 0.6) is 0 Å². The van der Waals surface area contributed by atoms with Gasteiger partial charge in [-0.2, -0.15) is 0 Å². The molecular weight excluding hydrogens is 320 g/mol. The Hall–Kier alpha value is -2.86. The number of nitrogens with one attached hydrogen (secondary N) is 1.